The van der Waals surface area contributed by atoms with E-state index in [9.17, 15) is 14.4 Å². The fraction of sp³-hybridized carbons (Fsp3) is 0.419. The second-order valence-corrected chi connectivity index (χ2v) is 11.5. The summed E-state index contributed by atoms with van der Waals surface area (Å²) in [6, 6.07) is 14.0. The van der Waals surface area contributed by atoms with Crippen LogP contribution in [0, 0.1) is 6.92 Å². The van der Waals surface area contributed by atoms with E-state index in [1.165, 1.54) is 22.5 Å². The van der Waals surface area contributed by atoms with Crippen molar-refractivity contribution in [2.75, 3.05) is 65.8 Å². The predicted molar refractivity (Wildman–Crippen MR) is 170 cm³/mol. The van der Waals surface area contributed by atoms with E-state index in [0.29, 0.717) is 36.9 Å². The third-order valence-electron chi connectivity index (χ3n) is 6.58. The number of rotatable bonds is 12. The van der Waals surface area contributed by atoms with Gasteiger partial charge in [0.25, 0.3) is 5.91 Å². The highest BCUT2D eigenvalue weighted by Gasteiger charge is 2.27. The van der Waals surface area contributed by atoms with E-state index >= 15 is 0 Å². The van der Waals surface area contributed by atoms with Crippen LogP contribution in [0.3, 0.4) is 0 Å². The number of amides is 2. The van der Waals surface area contributed by atoms with E-state index in [1.807, 2.05) is 80.1 Å². The third-order valence-corrected chi connectivity index (χ3v) is 7.49. The van der Waals surface area contributed by atoms with Crippen molar-refractivity contribution in [3.63, 3.8) is 0 Å². The summed E-state index contributed by atoms with van der Waals surface area (Å²) < 4.78 is 0. The molecule has 0 aliphatic carbocycles. The van der Waals surface area contributed by atoms with Crippen LogP contribution in [-0.4, -0.2) is 98.9 Å². The molecular formula is C31H43N7O3S. The van der Waals surface area contributed by atoms with Crippen LogP contribution in [-0.2, 0) is 22.7 Å². The van der Waals surface area contributed by atoms with Gasteiger partial charge in [0.1, 0.15) is 10.7 Å². The number of hydrazine groups is 1. The normalized spacial score (nSPS) is 12.4. The molecule has 0 bridgehead atoms. The Hall–Kier alpha value is -3.64. The van der Waals surface area contributed by atoms with E-state index < -0.39 is 0 Å². The predicted octanol–water partition coefficient (Wildman–Crippen LogP) is 3.03. The molecule has 226 valence electrons. The van der Waals surface area contributed by atoms with Crippen LogP contribution >= 0.6 is 11.3 Å². The maximum Gasteiger partial charge on any atom is 0.256 e. The average Bonchev–Trinajstić information content (AvgIpc) is 3.62. The van der Waals surface area contributed by atoms with Crippen LogP contribution < -0.4 is 15.5 Å². The minimum atomic E-state index is -0.158. The number of nitrogens with zero attached hydrogens (tertiary/aromatic N) is 5. The highest BCUT2D eigenvalue weighted by Crippen LogP contribution is 2.30. The zero-order valence-electron chi connectivity index (χ0n) is 25.5. The van der Waals surface area contributed by atoms with Gasteiger partial charge in [0, 0.05) is 49.9 Å². The van der Waals surface area contributed by atoms with Gasteiger partial charge < -0.3 is 20.4 Å². The number of aryl methyl sites for hydroxylation is 1. The van der Waals surface area contributed by atoms with Crippen molar-refractivity contribution in [2.45, 2.75) is 26.9 Å². The smallest absolute Gasteiger partial charge is 0.256 e. The first kappa shape index (κ1) is 32.9. The molecule has 0 radical (unpaired) electrons. The van der Waals surface area contributed by atoms with E-state index in [0.717, 1.165) is 29.6 Å². The summed E-state index contributed by atoms with van der Waals surface area (Å²) in [4.78, 5) is 45.7. The second kappa shape index (κ2) is 16.1. The first-order chi connectivity index (χ1) is 20.1. The Morgan fingerprint density at radius 2 is 1.69 bits per heavy atom. The Bertz CT molecular complexity index is 1320. The summed E-state index contributed by atoms with van der Waals surface area (Å²) in [5.41, 5.74) is 5.35. The van der Waals surface area contributed by atoms with Gasteiger partial charge in [0.2, 0.25) is 5.91 Å². The summed E-state index contributed by atoms with van der Waals surface area (Å²) >= 11 is 1.38. The van der Waals surface area contributed by atoms with Crippen LogP contribution in [0.5, 0.6) is 0 Å². The van der Waals surface area contributed by atoms with Gasteiger partial charge in [-0.2, -0.15) is 0 Å². The molecule has 0 atom stereocenters. The molecule has 10 nitrogen and oxygen atoms in total. The number of fused-ring (bicyclic) bond motifs is 1. The molecule has 0 fully saturated rings. The number of anilines is 1. The van der Waals surface area contributed by atoms with Crippen molar-refractivity contribution in [1.29, 1.82) is 0 Å². The maximum atomic E-state index is 13.5. The molecule has 0 spiro atoms. The minimum absolute atomic E-state index is 0.0335. The fourth-order valence-electron chi connectivity index (χ4n) is 4.43. The Morgan fingerprint density at radius 3 is 2.29 bits per heavy atom. The highest BCUT2D eigenvalue weighted by molar-refractivity contribution is 7.13. The molecule has 4 rings (SSSR count). The monoisotopic (exact) mass is 593 g/mol. The molecule has 0 unspecified atom stereocenters. The van der Waals surface area contributed by atoms with Crippen molar-refractivity contribution >= 4 is 35.1 Å². The number of hydrogen-bond donors (Lipinski definition) is 2. The summed E-state index contributed by atoms with van der Waals surface area (Å²) in [6.07, 6.45) is 0.726. The number of nitrogens with one attached hydrogen (secondary N) is 2. The SMILES string of the molecule is CCNCCNC(=O)CN(CC(=O)N(C)N1Cc2ccccc2C1)c1cc(-c2nc(C=O)cs2)ccc1C.CN(C)C. The van der Waals surface area contributed by atoms with Crippen molar-refractivity contribution < 1.29 is 14.4 Å². The lowest BCUT2D eigenvalue weighted by Crippen LogP contribution is -2.48. The zero-order chi connectivity index (χ0) is 30.6. The molecular weight excluding hydrogens is 550 g/mol. The van der Waals surface area contributed by atoms with E-state index in [2.05, 4.69) is 27.8 Å². The van der Waals surface area contributed by atoms with E-state index in [1.54, 1.807) is 17.4 Å². The molecule has 1 aliphatic heterocycles. The number of carbonyl (C=O) groups is 3. The van der Waals surface area contributed by atoms with E-state index in [-0.39, 0.29) is 24.9 Å². The number of hydrogen-bond acceptors (Lipinski definition) is 9. The summed E-state index contributed by atoms with van der Waals surface area (Å²) in [6.45, 7) is 7.39. The van der Waals surface area contributed by atoms with Crippen molar-refractivity contribution in [3.05, 3.63) is 70.2 Å². The zero-order valence-corrected chi connectivity index (χ0v) is 26.3. The number of aldehydes is 1. The molecule has 42 heavy (non-hydrogen) atoms. The topological polar surface area (TPSA) is 101 Å². The van der Waals surface area contributed by atoms with Crippen molar-refractivity contribution in [2.24, 2.45) is 0 Å². The van der Waals surface area contributed by atoms with Gasteiger partial charge in [-0.05, 0) is 57.4 Å². The summed E-state index contributed by atoms with van der Waals surface area (Å²) in [5, 5.41) is 12.2. The molecule has 2 aromatic carbocycles. The Balaban J connectivity index is 0.00000114. The summed E-state index contributed by atoms with van der Waals surface area (Å²) in [7, 11) is 7.78. The molecule has 2 N–H and O–H groups in total. The van der Waals surface area contributed by atoms with Gasteiger partial charge in [-0.15, -0.1) is 11.3 Å². The Labute approximate surface area is 253 Å². The van der Waals surface area contributed by atoms with Gasteiger partial charge in [-0.3, -0.25) is 19.4 Å². The van der Waals surface area contributed by atoms with Crippen LogP contribution in [0.2, 0.25) is 0 Å². The Kier molecular flexibility index (Phi) is 12.6. The molecule has 3 aromatic rings. The number of thiazole rings is 1. The fourth-order valence-corrected chi connectivity index (χ4v) is 5.19. The van der Waals surface area contributed by atoms with Crippen LogP contribution in [0.4, 0.5) is 5.69 Å². The highest BCUT2D eigenvalue weighted by atomic mass is 32.1. The van der Waals surface area contributed by atoms with Crippen LogP contribution in [0.15, 0.2) is 47.8 Å². The molecule has 0 saturated carbocycles. The van der Waals surface area contributed by atoms with Crippen LogP contribution in [0.25, 0.3) is 10.6 Å². The number of aromatic nitrogens is 1. The first-order valence-corrected chi connectivity index (χ1v) is 14.9. The largest absolute Gasteiger partial charge is 0.353 e. The molecule has 1 aromatic heterocycles. The molecule has 2 heterocycles. The van der Waals surface area contributed by atoms with Gasteiger partial charge in [-0.25, -0.2) is 9.99 Å². The van der Waals surface area contributed by atoms with Crippen LogP contribution in [0.1, 0.15) is 34.1 Å². The average molecular weight is 594 g/mol. The molecule has 1 aliphatic rings. The van der Waals surface area contributed by atoms with Gasteiger partial charge in [0.15, 0.2) is 6.29 Å². The number of benzene rings is 2. The number of carbonyl (C=O) groups excluding carboxylic acids is 3. The van der Waals surface area contributed by atoms with Gasteiger partial charge in [0.05, 0.1) is 13.1 Å². The second-order valence-electron chi connectivity index (χ2n) is 10.6. The first-order valence-electron chi connectivity index (χ1n) is 14.1. The Morgan fingerprint density at radius 1 is 1.02 bits per heavy atom. The standard InChI is InChI=1S/C28H34N6O3S.C3H9N/c1-4-29-11-12-30-26(36)16-33(17-27(37)32(3)34-14-22-7-5-6-8-23(22)15-34)25-13-21(10-9-20(25)2)28-31-24(18-35)19-38-28;1-4(2)3/h5-10,13,18-19,29H,4,11-12,14-17H2,1-3H3,(H,30,36);1-3H3. The quantitative estimate of drug-likeness (QED) is 0.244. The van der Waals surface area contributed by atoms with E-state index in [4.69, 9.17) is 0 Å². The lowest BCUT2D eigenvalue weighted by molar-refractivity contribution is -0.145. The van der Waals surface area contributed by atoms with Gasteiger partial charge in [-0.1, -0.05) is 43.3 Å². The molecule has 2 amide bonds. The van der Waals surface area contributed by atoms with Crippen molar-refractivity contribution in [3.8, 4) is 10.6 Å². The lowest BCUT2D eigenvalue weighted by atomic mass is 10.1. The molecule has 11 heteroatoms. The summed E-state index contributed by atoms with van der Waals surface area (Å²) in [5.74, 6) is -0.269. The lowest BCUT2D eigenvalue weighted by Gasteiger charge is -2.32. The third kappa shape index (κ3) is 9.45. The van der Waals surface area contributed by atoms with Gasteiger partial charge >= 0.3 is 0 Å². The number of likely N-dealkylation sites (N-methyl/N-ethyl adjacent to an activating group) is 2. The maximum absolute atomic E-state index is 13.5. The molecule has 0 saturated heterocycles. The van der Waals surface area contributed by atoms with Crippen molar-refractivity contribution in [1.82, 2.24) is 30.5 Å². The minimum Gasteiger partial charge on any atom is -0.353 e.